The van der Waals surface area contributed by atoms with Crippen LogP contribution in [0.4, 0.5) is 0 Å². The van der Waals surface area contributed by atoms with E-state index in [0.29, 0.717) is 18.0 Å². The van der Waals surface area contributed by atoms with Crippen LogP contribution in [0.3, 0.4) is 0 Å². The van der Waals surface area contributed by atoms with Crippen molar-refractivity contribution in [2.45, 2.75) is 30.8 Å². The number of hydrogen-bond acceptors (Lipinski definition) is 4. The summed E-state index contributed by atoms with van der Waals surface area (Å²) < 4.78 is 29.7. The minimum atomic E-state index is -3.48. The van der Waals surface area contributed by atoms with Crippen LogP contribution in [0.15, 0.2) is 72.0 Å². The maximum Gasteiger partial charge on any atom is 0.243 e. The van der Waals surface area contributed by atoms with Crippen molar-refractivity contribution in [1.29, 1.82) is 0 Å². The second-order valence-corrected chi connectivity index (χ2v) is 9.82. The Labute approximate surface area is 175 Å². The Balaban J connectivity index is 1.36. The largest absolute Gasteiger partial charge is 0.285 e. The number of aromatic amines is 1. The highest BCUT2D eigenvalue weighted by Gasteiger charge is 2.38. The van der Waals surface area contributed by atoms with Crippen molar-refractivity contribution >= 4 is 20.9 Å². The highest BCUT2D eigenvalue weighted by molar-refractivity contribution is 7.89. The third kappa shape index (κ3) is 3.32. The maximum atomic E-state index is 13.1. The average molecular weight is 422 g/mol. The molecule has 2 atom stereocenters. The van der Waals surface area contributed by atoms with Crippen LogP contribution in [0.1, 0.15) is 13.3 Å². The van der Waals surface area contributed by atoms with Crippen LogP contribution in [0.2, 0.25) is 0 Å². The first kappa shape index (κ1) is 19.0. The van der Waals surface area contributed by atoms with Gasteiger partial charge in [0.25, 0.3) is 0 Å². The highest BCUT2D eigenvalue weighted by atomic mass is 32.2. The van der Waals surface area contributed by atoms with Crippen molar-refractivity contribution in [2.75, 3.05) is 6.54 Å². The highest BCUT2D eigenvalue weighted by Crippen LogP contribution is 2.31. The Bertz CT molecular complexity index is 1270. The number of benzene rings is 2. The monoisotopic (exact) mass is 421 g/mol. The van der Waals surface area contributed by atoms with Crippen LogP contribution in [-0.4, -0.2) is 45.3 Å². The molecule has 4 aromatic rings. The molecule has 0 radical (unpaired) electrons. The molecule has 1 fully saturated rings. The van der Waals surface area contributed by atoms with E-state index in [1.807, 2.05) is 30.1 Å². The van der Waals surface area contributed by atoms with Gasteiger partial charge in [0.15, 0.2) is 0 Å². The first-order chi connectivity index (χ1) is 14.5. The first-order valence-electron chi connectivity index (χ1n) is 10.0. The number of nitrogens with zero attached hydrogens (tertiary/aromatic N) is 4. The molecule has 0 unspecified atom stereocenters. The van der Waals surface area contributed by atoms with Crippen molar-refractivity contribution in [1.82, 2.24) is 24.3 Å². The Morgan fingerprint density at radius 1 is 1.10 bits per heavy atom. The summed E-state index contributed by atoms with van der Waals surface area (Å²) in [5.41, 5.74) is 3.18. The van der Waals surface area contributed by atoms with Crippen molar-refractivity contribution in [2.24, 2.45) is 5.92 Å². The lowest BCUT2D eigenvalue weighted by Gasteiger charge is -2.21. The summed E-state index contributed by atoms with van der Waals surface area (Å²) in [6, 6.07) is 14.9. The zero-order chi connectivity index (χ0) is 20.7. The molecule has 1 aliphatic heterocycles. The molecule has 7 nitrogen and oxygen atoms in total. The standard InChI is InChI=1S/C22H23N5O2S/c1-16-9-17(15-27(16)30(28,29)21-5-3-2-4-6-21)14-26-22-8-7-18(10-19(22)13-25-26)20-11-23-24-12-20/h2-8,10-13,16-17H,9,14-15H2,1H3,(H,23,24)/t16-,17-/m0/s1. The molecule has 3 heterocycles. The molecule has 0 aliphatic carbocycles. The minimum absolute atomic E-state index is 0.0327. The number of sulfonamides is 1. The summed E-state index contributed by atoms with van der Waals surface area (Å²) in [7, 11) is -3.48. The van der Waals surface area contributed by atoms with E-state index >= 15 is 0 Å². The second-order valence-electron chi connectivity index (χ2n) is 7.93. The van der Waals surface area contributed by atoms with Crippen LogP contribution in [0.25, 0.3) is 22.0 Å². The van der Waals surface area contributed by atoms with Gasteiger partial charge in [-0.15, -0.1) is 0 Å². The molecule has 0 spiro atoms. The summed E-state index contributed by atoms with van der Waals surface area (Å²) in [5.74, 6) is 0.218. The Morgan fingerprint density at radius 2 is 1.93 bits per heavy atom. The van der Waals surface area contributed by atoms with Crippen LogP contribution >= 0.6 is 0 Å². The predicted octanol–water partition coefficient (Wildman–Crippen LogP) is 3.53. The van der Waals surface area contributed by atoms with E-state index in [1.54, 1.807) is 34.8 Å². The Morgan fingerprint density at radius 3 is 2.70 bits per heavy atom. The number of fused-ring (bicyclic) bond motifs is 1. The lowest BCUT2D eigenvalue weighted by molar-refractivity contribution is 0.396. The van der Waals surface area contributed by atoms with Gasteiger partial charge >= 0.3 is 0 Å². The summed E-state index contributed by atoms with van der Waals surface area (Å²) in [6.45, 7) is 3.19. The fourth-order valence-electron chi connectivity index (χ4n) is 4.37. The zero-order valence-electron chi connectivity index (χ0n) is 16.6. The van der Waals surface area contributed by atoms with Gasteiger partial charge in [-0.25, -0.2) is 8.42 Å². The summed E-state index contributed by atoms with van der Waals surface area (Å²) in [6.07, 6.45) is 6.36. The molecule has 0 bridgehead atoms. The Kier molecular flexibility index (Phi) is 4.67. The fraction of sp³-hybridized carbons (Fsp3) is 0.273. The van der Waals surface area contributed by atoms with Crippen molar-refractivity contribution in [3.63, 3.8) is 0 Å². The molecule has 1 aliphatic rings. The zero-order valence-corrected chi connectivity index (χ0v) is 17.5. The van der Waals surface area contributed by atoms with Gasteiger partial charge in [0.05, 0.1) is 22.8 Å². The lowest BCUT2D eigenvalue weighted by Crippen LogP contribution is -2.34. The third-order valence-corrected chi connectivity index (χ3v) is 7.85. The fourth-order valence-corrected chi connectivity index (χ4v) is 6.11. The van der Waals surface area contributed by atoms with E-state index in [4.69, 9.17) is 0 Å². The van der Waals surface area contributed by atoms with E-state index in [-0.39, 0.29) is 12.0 Å². The third-order valence-electron chi connectivity index (χ3n) is 5.86. The molecule has 0 saturated carbocycles. The number of H-pyrrole nitrogens is 1. The second kappa shape index (κ2) is 7.37. The normalized spacial score (nSPS) is 20.2. The average Bonchev–Trinajstić information content (AvgIpc) is 3.49. The number of hydrogen-bond donors (Lipinski definition) is 1. The number of aromatic nitrogens is 4. The number of rotatable bonds is 5. The molecule has 1 saturated heterocycles. The van der Waals surface area contributed by atoms with Gasteiger partial charge in [0.1, 0.15) is 0 Å². The number of nitrogens with one attached hydrogen (secondary N) is 1. The van der Waals surface area contributed by atoms with Gasteiger partial charge < -0.3 is 0 Å². The quantitative estimate of drug-likeness (QED) is 0.534. The van der Waals surface area contributed by atoms with Crippen molar-refractivity contribution in [3.8, 4) is 11.1 Å². The molecule has 2 aromatic heterocycles. The SMILES string of the molecule is C[C@H]1C[C@@H](Cn2ncc3cc(-c4cn[nH]c4)ccc32)CN1S(=O)(=O)c1ccccc1. The Hall–Kier alpha value is -2.97. The molecule has 5 rings (SSSR count). The van der Waals surface area contributed by atoms with Crippen LogP contribution in [0.5, 0.6) is 0 Å². The smallest absolute Gasteiger partial charge is 0.243 e. The van der Waals surface area contributed by atoms with Gasteiger partial charge in [-0.1, -0.05) is 24.3 Å². The van der Waals surface area contributed by atoms with Gasteiger partial charge in [-0.3, -0.25) is 9.78 Å². The van der Waals surface area contributed by atoms with E-state index in [0.717, 1.165) is 28.5 Å². The molecular formula is C22H23N5O2S. The van der Waals surface area contributed by atoms with E-state index in [2.05, 4.69) is 33.5 Å². The van der Waals surface area contributed by atoms with Crippen LogP contribution in [0, 0.1) is 5.92 Å². The predicted molar refractivity (Wildman–Crippen MR) is 115 cm³/mol. The van der Waals surface area contributed by atoms with E-state index in [9.17, 15) is 8.42 Å². The molecule has 8 heteroatoms. The molecule has 30 heavy (non-hydrogen) atoms. The van der Waals surface area contributed by atoms with Gasteiger partial charge in [0, 0.05) is 36.3 Å². The molecule has 2 aromatic carbocycles. The van der Waals surface area contributed by atoms with Gasteiger partial charge in [-0.2, -0.15) is 14.5 Å². The summed E-state index contributed by atoms with van der Waals surface area (Å²) in [5, 5.41) is 12.5. The topological polar surface area (TPSA) is 83.9 Å². The van der Waals surface area contributed by atoms with Gasteiger partial charge in [-0.05, 0) is 49.1 Å². The van der Waals surface area contributed by atoms with Crippen molar-refractivity contribution in [3.05, 3.63) is 67.1 Å². The van der Waals surface area contributed by atoms with Crippen molar-refractivity contribution < 1.29 is 8.42 Å². The summed E-state index contributed by atoms with van der Waals surface area (Å²) in [4.78, 5) is 0.355. The molecule has 1 N–H and O–H groups in total. The minimum Gasteiger partial charge on any atom is -0.285 e. The van der Waals surface area contributed by atoms with Crippen LogP contribution in [-0.2, 0) is 16.6 Å². The van der Waals surface area contributed by atoms with E-state index < -0.39 is 10.0 Å². The van der Waals surface area contributed by atoms with E-state index in [1.165, 1.54) is 0 Å². The molecule has 0 amide bonds. The lowest BCUT2D eigenvalue weighted by atomic mass is 10.1. The molecule has 154 valence electrons. The first-order valence-corrected chi connectivity index (χ1v) is 11.5. The molecular weight excluding hydrogens is 398 g/mol. The van der Waals surface area contributed by atoms with Crippen LogP contribution < -0.4 is 0 Å². The maximum absolute atomic E-state index is 13.1. The van der Waals surface area contributed by atoms with Gasteiger partial charge in [0.2, 0.25) is 10.0 Å². The summed E-state index contributed by atoms with van der Waals surface area (Å²) >= 11 is 0.